The first-order valence-electron chi connectivity index (χ1n) is 9.51. The summed E-state index contributed by atoms with van der Waals surface area (Å²) >= 11 is 0. The van der Waals surface area contributed by atoms with Crippen LogP contribution < -0.4 is 5.32 Å². The molecule has 1 aliphatic heterocycles. The molecule has 0 aromatic rings. The largest absolute Gasteiger partial charge is 0.352 e. The topological polar surface area (TPSA) is 63.2 Å². The van der Waals surface area contributed by atoms with E-state index in [1.54, 1.807) is 0 Å². The molecule has 0 radical (unpaired) electrons. The van der Waals surface area contributed by atoms with Crippen LogP contribution in [0.25, 0.3) is 0 Å². The number of amides is 1. The van der Waals surface area contributed by atoms with E-state index in [0.29, 0.717) is 13.0 Å². The van der Waals surface area contributed by atoms with E-state index in [1.807, 2.05) is 6.08 Å². The maximum Gasteiger partial charge on any atom is 0.243 e. The normalized spacial score (nSPS) is 43.1. The minimum Gasteiger partial charge on any atom is -0.352 e. The predicted octanol–water partition coefficient (Wildman–Crippen LogP) is 2.70. The van der Waals surface area contributed by atoms with Gasteiger partial charge in [0.05, 0.1) is 11.5 Å². The molecule has 134 valence electrons. The van der Waals surface area contributed by atoms with Crippen molar-refractivity contribution < 1.29 is 13.2 Å². The van der Waals surface area contributed by atoms with Crippen LogP contribution in [-0.4, -0.2) is 32.4 Å². The van der Waals surface area contributed by atoms with E-state index in [2.05, 4.69) is 12.2 Å². The molecule has 1 heterocycles. The zero-order chi connectivity index (χ0) is 16.9. The summed E-state index contributed by atoms with van der Waals surface area (Å²) in [7, 11) is -2.86. The zero-order valence-electron chi connectivity index (χ0n) is 14.6. The molecule has 5 heteroatoms. The summed E-state index contributed by atoms with van der Waals surface area (Å²) in [5.41, 5.74) is 1.54. The van der Waals surface area contributed by atoms with Crippen molar-refractivity contribution in [1.82, 2.24) is 5.32 Å². The molecular formula is C19H29NO3S. The minimum atomic E-state index is -2.86. The van der Waals surface area contributed by atoms with Crippen LogP contribution in [0, 0.1) is 29.1 Å². The Hall–Kier alpha value is -0.840. The van der Waals surface area contributed by atoms with Crippen LogP contribution in [0.15, 0.2) is 11.6 Å². The zero-order valence-corrected chi connectivity index (χ0v) is 15.4. The summed E-state index contributed by atoms with van der Waals surface area (Å²) in [5.74, 6) is 3.20. The number of allylic oxidation sites excluding steroid dienone is 1. The number of sulfone groups is 1. The number of hydrogen-bond donors (Lipinski definition) is 1. The lowest BCUT2D eigenvalue weighted by Gasteiger charge is -2.57. The molecule has 1 saturated heterocycles. The fourth-order valence-corrected chi connectivity index (χ4v) is 8.13. The van der Waals surface area contributed by atoms with Gasteiger partial charge in [0.2, 0.25) is 5.91 Å². The Bertz CT molecular complexity index is 629. The standard InChI is InChI=1S/C19H29NO3S/c1-13(4-18(21)20-11-14-2-3-24(22,23)12-14)19-8-15-5-16(9-19)7-17(6-15)10-19/h4,14-17H,2-3,5-12H2,1H3,(H,20,21)/b13-4-/t14-,15?,16?,17?,19?/m1/s1. The molecule has 1 N–H and O–H groups in total. The van der Waals surface area contributed by atoms with Crippen molar-refractivity contribution in [3.05, 3.63) is 11.6 Å². The van der Waals surface area contributed by atoms with Crippen molar-refractivity contribution >= 4 is 15.7 Å². The third kappa shape index (κ3) is 3.16. The molecule has 4 nitrogen and oxygen atoms in total. The van der Waals surface area contributed by atoms with Crippen molar-refractivity contribution in [3.8, 4) is 0 Å². The van der Waals surface area contributed by atoms with Crippen LogP contribution in [0.4, 0.5) is 0 Å². The van der Waals surface area contributed by atoms with Crippen molar-refractivity contribution in [1.29, 1.82) is 0 Å². The maximum absolute atomic E-state index is 12.3. The van der Waals surface area contributed by atoms with Crippen LogP contribution in [0.5, 0.6) is 0 Å². The molecular weight excluding hydrogens is 322 g/mol. The van der Waals surface area contributed by atoms with Crippen LogP contribution >= 0.6 is 0 Å². The highest BCUT2D eigenvalue weighted by Crippen LogP contribution is 2.62. The van der Waals surface area contributed by atoms with E-state index < -0.39 is 9.84 Å². The first-order chi connectivity index (χ1) is 11.3. The molecule has 4 bridgehead atoms. The monoisotopic (exact) mass is 351 g/mol. The average Bonchev–Trinajstić information content (AvgIpc) is 2.83. The van der Waals surface area contributed by atoms with Crippen LogP contribution in [0.2, 0.25) is 0 Å². The van der Waals surface area contributed by atoms with E-state index in [9.17, 15) is 13.2 Å². The Labute approximate surface area is 145 Å². The molecule has 1 atom stereocenters. The van der Waals surface area contributed by atoms with E-state index >= 15 is 0 Å². The van der Waals surface area contributed by atoms with Gasteiger partial charge in [0.15, 0.2) is 9.84 Å². The molecule has 0 aromatic heterocycles. The second-order valence-corrected chi connectivity index (χ2v) is 11.3. The highest BCUT2D eigenvalue weighted by atomic mass is 32.2. The molecule has 5 rings (SSSR count). The van der Waals surface area contributed by atoms with E-state index in [1.165, 1.54) is 44.1 Å². The Morgan fingerprint density at radius 1 is 1.12 bits per heavy atom. The van der Waals surface area contributed by atoms with Gasteiger partial charge in [0, 0.05) is 12.6 Å². The van der Waals surface area contributed by atoms with Gasteiger partial charge >= 0.3 is 0 Å². The molecule has 24 heavy (non-hydrogen) atoms. The van der Waals surface area contributed by atoms with Crippen LogP contribution in [0.1, 0.15) is 51.9 Å². The SMILES string of the molecule is C/C(=C/C(=O)NC[C@H]1CCS(=O)(=O)C1)C12CC3CC(CC(C3)C1)C2. The van der Waals surface area contributed by atoms with E-state index in [-0.39, 0.29) is 28.7 Å². The second kappa shape index (κ2) is 5.86. The lowest BCUT2D eigenvalue weighted by molar-refractivity contribution is -0.116. The summed E-state index contributed by atoms with van der Waals surface area (Å²) in [5, 5.41) is 2.95. The molecule has 0 aromatic carbocycles. The summed E-state index contributed by atoms with van der Waals surface area (Å²) in [6.45, 7) is 2.63. The van der Waals surface area contributed by atoms with Gasteiger partial charge in [-0.15, -0.1) is 0 Å². The van der Waals surface area contributed by atoms with Gasteiger partial charge < -0.3 is 5.32 Å². The number of rotatable bonds is 4. The highest BCUT2D eigenvalue weighted by molar-refractivity contribution is 7.91. The Morgan fingerprint density at radius 3 is 2.21 bits per heavy atom. The minimum absolute atomic E-state index is 0.0347. The average molecular weight is 352 g/mol. The summed E-state index contributed by atoms with van der Waals surface area (Å²) in [4.78, 5) is 12.3. The fourth-order valence-electron chi connectivity index (χ4n) is 6.27. The summed E-state index contributed by atoms with van der Waals surface area (Å²) < 4.78 is 23.0. The van der Waals surface area contributed by atoms with Gasteiger partial charge in [-0.2, -0.15) is 0 Å². The van der Waals surface area contributed by atoms with Gasteiger partial charge in [0.25, 0.3) is 0 Å². The van der Waals surface area contributed by atoms with Gasteiger partial charge in [0.1, 0.15) is 0 Å². The molecule has 1 amide bonds. The van der Waals surface area contributed by atoms with Crippen molar-refractivity contribution in [3.63, 3.8) is 0 Å². The lowest BCUT2D eigenvalue weighted by Crippen LogP contribution is -2.46. The van der Waals surface area contributed by atoms with Gasteiger partial charge in [-0.1, -0.05) is 5.57 Å². The maximum atomic E-state index is 12.3. The first-order valence-corrected chi connectivity index (χ1v) is 11.3. The summed E-state index contributed by atoms with van der Waals surface area (Å²) in [6, 6.07) is 0. The van der Waals surface area contributed by atoms with Gasteiger partial charge in [-0.25, -0.2) is 8.42 Å². The third-order valence-electron chi connectivity index (χ3n) is 7.11. The Balaban J connectivity index is 1.37. The molecule has 4 saturated carbocycles. The molecule has 5 aliphatic rings. The van der Waals surface area contributed by atoms with Gasteiger partial charge in [-0.3, -0.25) is 4.79 Å². The Morgan fingerprint density at radius 2 is 1.71 bits per heavy atom. The van der Waals surface area contributed by atoms with Crippen molar-refractivity contribution in [2.45, 2.75) is 51.9 Å². The Kier molecular flexibility index (Phi) is 4.06. The quantitative estimate of drug-likeness (QED) is 0.792. The first kappa shape index (κ1) is 16.6. The highest BCUT2D eigenvalue weighted by Gasteiger charge is 2.51. The lowest BCUT2D eigenvalue weighted by atomic mass is 9.48. The molecule has 4 aliphatic carbocycles. The number of carbonyl (C=O) groups is 1. The molecule has 0 unspecified atom stereocenters. The smallest absolute Gasteiger partial charge is 0.243 e. The molecule has 0 spiro atoms. The van der Waals surface area contributed by atoms with Crippen molar-refractivity contribution in [2.75, 3.05) is 18.1 Å². The number of carbonyl (C=O) groups excluding carboxylic acids is 1. The summed E-state index contributed by atoms with van der Waals surface area (Å²) in [6.07, 6.45) is 10.6. The van der Waals surface area contributed by atoms with Crippen LogP contribution in [-0.2, 0) is 14.6 Å². The van der Waals surface area contributed by atoms with Crippen molar-refractivity contribution in [2.24, 2.45) is 29.1 Å². The number of hydrogen-bond acceptors (Lipinski definition) is 3. The van der Waals surface area contributed by atoms with Crippen LogP contribution in [0.3, 0.4) is 0 Å². The van der Waals surface area contributed by atoms with E-state index in [4.69, 9.17) is 0 Å². The van der Waals surface area contributed by atoms with Gasteiger partial charge in [-0.05, 0) is 81.0 Å². The second-order valence-electron chi connectivity index (χ2n) is 9.04. The molecule has 5 fully saturated rings. The predicted molar refractivity (Wildman–Crippen MR) is 94.1 cm³/mol. The number of nitrogens with one attached hydrogen (secondary N) is 1. The fraction of sp³-hybridized carbons (Fsp3) is 0.842. The van der Waals surface area contributed by atoms with E-state index in [0.717, 1.165) is 17.8 Å². The third-order valence-corrected chi connectivity index (χ3v) is 8.95.